The number of fused-ring (bicyclic) bond motifs is 1. The number of benzene rings is 3. The standard InChI is InChI=1S/C27H23FN4O4S/c1-34-24-15-19-21(16-25(24)35-2)29-11-10-22(19)36-23-9-8-17(14-20(23)28)30-26(33)32-13-12-31(27(32)37)18-6-4-3-5-7-18/h3-11,14-16H,12-13H2,1-2H3,(H,30,33). The summed E-state index contributed by atoms with van der Waals surface area (Å²) in [4.78, 5) is 20.5. The second-order valence-electron chi connectivity index (χ2n) is 8.13. The van der Waals surface area contributed by atoms with Gasteiger partial charge in [0.15, 0.2) is 28.2 Å². The van der Waals surface area contributed by atoms with Crippen molar-refractivity contribution in [2.75, 3.05) is 37.5 Å². The van der Waals surface area contributed by atoms with Gasteiger partial charge in [-0.1, -0.05) is 18.2 Å². The topological polar surface area (TPSA) is 76.2 Å². The van der Waals surface area contributed by atoms with Crippen LogP contribution in [0.3, 0.4) is 0 Å². The number of thiocarbonyl (C=S) groups is 1. The van der Waals surface area contributed by atoms with E-state index in [1.54, 1.807) is 30.5 Å². The molecule has 1 aromatic heterocycles. The van der Waals surface area contributed by atoms with Crippen LogP contribution in [0.2, 0.25) is 0 Å². The highest BCUT2D eigenvalue weighted by atomic mass is 32.1. The Labute approximate surface area is 218 Å². The van der Waals surface area contributed by atoms with Crippen LogP contribution in [0.25, 0.3) is 10.9 Å². The fourth-order valence-corrected chi connectivity index (χ4v) is 4.45. The quantitative estimate of drug-likeness (QED) is 0.322. The van der Waals surface area contributed by atoms with E-state index < -0.39 is 11.8 Å². The van der Waals surface area contributed by atoms with Gasteiger partial charge in [0.1, 0.15) is 5.75 Å². The van der Waals surface area contributed by atoms with Crippen molar-refractivity contribution < 1.29 is 23.4 Å². The van der Waals surface area contributed by atoms with Crippen LogP contribution in [-0.4, -0.2) is 48.3 Å². The number of para-hydroxylation sites is 1. The van der Waals surface area contributed by atoms with Gasteiger partial charge in [-0.05, 0) is 48.6 Å². The Hall–Kier alpha value is -4.44. The van der Waals surface area contributed by atoms with Crippen molar-refractivity contribution in [3.05, 3.63) is 78.7 Å². The highest BCUT2D eigenvalue weighted by molar-refractivity contribution is 7.80. The first-order valence-corrected chi connectivity index (χ1v) is 11.8. The van der Waals surface area contributed by atoms with Crippen LogP contribution in [0.5, 0.6) is 23.0 Å². The van der Waals surface area contributed by atoms with Crippen LogP contribution in [-0.2, 0) is 0 Å². The Kier molecular flexibility index (Phi) is 6.74. The van der Waals surface area contributed by atoms with E-state index >= 15 is 4.39 Å². The molecule has 10 heteroatoms. The van der Waals surface area contributed by atoms with Crippen molar-refractivity contribution in [1.29, 1.82) is 0 Å². The molecule has 1 N–H and O–H groups in total. The van der Waals surface area contributed by atoms with Crippen molar-refractivity contribution in [3.63, 3.8) is 0 Å². The number of hydrogen-bond acceptors (Lipinski definition) is 6. The molecule has 0 aliphatic carbocycles. The molecular formula is C27H23FN4O4S. The van der Waals surface area contributed by atoms with Crippen molar-refractivity contribution in [1.82, 2.24) is 9.88 Å². The number of halogens is 1. The molecule has 0 saturated carbocycles. The summed E-state index contributed by atoms with van der Waals surface area (Å²) in [5.74, 6) is 0.766. The molecule has 2 amide bonds. The van der Waals surface area contributed by atoms with E-state index in [2.05, 4.69) is 10.3 Å². The minimum Gasteiger partial charge on any atom is -0.493 e. The average molecular weight is 519 g/mol. The van der Waals surface area contributed by atoms with Crippen LogP contribution in [0, 0.1) is 5.82 Å². The van der Waals surface area contributed by atoms with Crippen LogP contribution >= 0.6 is 12.2 Å². The summed E-state index contributed by atoms with van der Waals surface area (Å²) in [5.41, 5.74) is 1.79. The van der Waals surface area contributed by atoms with E-state index in [0.29, 0.717) is 46.4 Å². The van der Waals surface area contributed by atoms with Gasteiger partial charge >= 0.3 is 6.03 Å². The second-order valence-corrected chi connectivity index (χ2v) is 8.50. The van der Waals surface area contributed by atoms with Crippen LogP contribution in [0.15, 0.2) is 72.9 Å². The lowest BCUT2D eigenvalue weighted by molar-refractivity contribution is 0.237. The van der Waals surface area contributed by atoms with Gasteiger partial charge in [-0.15, -0.1) is 0 Å². The van der Waals surface area contributed by atoms with Crippen molar-refractivity contribution >= 4 is 45.6 Å². The summed E-state index contributed by atoms with van der Waals surface area (Å²) < 4.78 is 31.6. The molecule has 0 radical (unpaired) electrons. The third-order valence-electron chi connectivity index (χ3n) is 5.93. The first-order valence-electron chi connectivity index (χ1n) is 11.4. The largest absolute Gasteiger partial charge is 0.493 e. The fraction of sp³-hybridized carbons (Fsp3) is 0.148. The molecule has 1 saturated heterocycles. The fourth-order valence-electron chi connectivity index (χ4n) is 4.08. The summed E-state index contributed by atoms with van der Waals surface area (Å²) in [6.07, 6.45) is 1.56. The summed E-state index contributed by atoms with van der Waals surface area (Å²) in [6, 6.07) is 18.5. The molecule has 0 unspecified atom stereocenters. The van der Waals surface area contributed by atoms with Crippen molar-refractivity contribution in [2.45, 2.75) is 0 Å². The van der Waals surface area contributed by atoms with E-state index in [1.165, 1.54) is 31.3 Å². The van der Waals surface area contributed by atoms with Gasteiger partial charge in [-0.25, -0.2) is 9.18 Å². The summed E-state index contributed by atoms with van der Waals surface area (Å²) in [6.45, 7) is 1.00. The molecule has 8 nitrogen and oxygen atoms in total. The molecule has 0 spiro atoms. The molecule has 1 aliphatic rings. The number of hydrogen-bond donors (Lipinski definition) is 1. The number of pyridine rings is 1. The average Bonchev–Trinajstić information content (AvgIpc) is 3.31. The van der Waals surface area contributed by atoms with Gasteiger partial charge in [0, 0.05) is 48.2 Å². The van der Waals surface area contributed by atoms with Gasteiger partial charge < -0.3 is 24.4 Å². The zero-order valence-electron chi connectivity index (χ0n) is 20.1. The Morgan fingerprint density at radius 3 is 2.43 bits per heavy atom. The number of nitrogens with zero attached hydrogens (tertiary/aromatic N) is 3. The zero-order valence-corrected chi connectivity index (χ0v) is 20.9. The van der Waals surface area contributed by atoms with Crippen molar-refractivity contribution in [2.24, 2.45) is 0 Å². The molecule has 5 rings (SSSR count). The van der Waals surface area contributed by atoms with Gasteiger partial charge in [0.05, 0.1) is 19.7 Å². The molecule has 3 aromatic carbocycles. The highest BCUT2D eigenvalue weighted by Crippen LogP contribution is 2.37. The lowest BCUT2D eigenvalue weighted by atomic mass is 10.2. The number of nitrogens with one attached hydrogen (secondary N) is 1. The first kappa shape index (κ1) is 24.3. The van der Waals surface area contributed by atoms with Gasteiger partial charge in [0.25, 0.3) is 0 Å². The summed E-state index contributed by atoms with van der Waals surface area (Å²) in [5, 5.41) is 3.73. The molecular weight excluding hydrogens is 495 g/mol. The number of carbonyl (C=O) groups excluding carboxylic acids is 1. The Bertz CT molecular complexity index is 1480. The molecule has 4 aromatic rings. The molecule has 0 atom stereocenters. The van der Waals surface area contributed by atoms with Crippen LogP contribution in [0.1, 0.15) is 0 Å². The Morgan fingerprint density at radius 2 is 1.70 bits per heavy atom. The normalized spacial score (nSPS) is 13.1. The maximum atomic E-state index is 15.0. The van der Waals surface area contributed by atoms with Gasteiger partial charge in [-0.3, -0.25) is 9.88 Å². The Morgan fingerprint density at radius 1 is 0.946 bits per heavy atom. The smallest absolute Gasteiger partial charge is 0.328 e. The van der Waals surface area contributed by atoms with E-state index in [1.807, 2.05) is 35.2 Å². The molecule has 0 bridgehead atoms. The van der Waals surface area contributed by atoms with Crippen LogP contribution in [0.4, 0.5) is 20.6 Å². The monoisotopic (exact) mass is 518 g/mol. The first-order chi connectivity index (χ1) is 18.0. The number of anilines is 2. The number of methoxy groups -OCH3 is 2. The predicted octanol–water partition coefficient (Wildman–Crippen LogP) is 5.82. The van der Waals surface area contributed by atoms with E-state index in [9.17, 15) is 4.79 Å². The van der Waals surface area contributed by atoms with Gasteiger partial charge in [-0.2, -0.15) is 0 Å². The summed E-state index contributed by atoms with van der Waals surface area (Å²) >= 11 is 5.50. The SMILES string of the molecule is COc1cc2nccc(Oc3ccc(NC(=O)N4CCN(c5ccccc5)C4=S)cc3F)c2cc1OC. The number of carbonyl (C=O) groups is 1. The predicted molar refractivity (Wildman–Crippen MR) is 143 cm³/mol. The van der Waals surface area contributed by atoms with Crippen molar-refractivity contribution in [3.8, 4) is 23.0 Å². The summed E-state index contributed by atoms with van der Waals surface area (Å²) in [7, 11) is 3.07. The zero-order chi connectivity index (χ0) is 25.9. The highest BCUT2D eigenvalue weighted by Gasteiger charge is 2.30. The van der Waals surface area contributed by atoms with E-state index in [-0.39, 0.29) is 11.4 Å². The number of urea groups is 1. The van der Waals surface area contributed by atoms with Gasteiger partial charge in [0.2, 0.25) is 0 Å². The molecule has 1 fully saturated rings. The third-order valence-corrected chi connectivity index (χ3v) is 6.37. The van der Waals surface area contributed by atoms with E-state index in [4.69, 9.17) is 26.4 Å². The molecule has 2 heterocycles. The number of rotatable bonds is 6. The second kappa shape index (κ2) is 10.3. The number of amides is 2. The lowest BCUT2D eigenvalue weighted by Gasteiger charge is -2.21. The van der Waals surface area contributed by atoms with E-state index in [0.717, 1.165) is 5.69 Å². The number of ether oxygens (including phenoxy) is 3. The number of aromatic nitrogens is 1. The minimum atomic E-state index is -0.641. The third kappa shape index (κ3) is 4.83. The maximum absolute atomic E-state index is 15.0. The molecule has 188 valence electrons. The molecule has 1 aliphatic heterocycles. The minimum absolute atomic E-state index is 0.00719. The molecule has 37 heavy (non-hydrogen) atoms. The Balaban J connectivity index is 1.31. The lowest BCUT2D eigenvalue weighted by Crippen LogP contribution is -2.38. The van der Waals surface area contributed by atoms with Crippen LogP contribution < -0.4 is 24.4 Å². The maximum Gasteiger partial charge on any atom is 0.328 e.